The molecule has 0 unspecified atom stereocenters. The molecule has 16 nitrogen and oxygen atoms in total. The highest BCUT2D eigenvalue weighted by atomic mass is 16.7. The third kappa shape index (κ3) is 11.4. The van der Waals surface area contributed by atoms with Crippen LogP contribution in [0.1, 0.15) is 107 Å². The second kappa shape index (κ2) is 21.4. The van der Waals surface area contributed by atoms with Gasteiger partial charge in [0.15, 0.2) is 24.3 Å². The van der Waals surface area contributed by atoms with E-state index in [1.165, 1.54) is 12.5 Å². The molecule has 1 aromatic rings. The first kappa shape index (κ1) is 52.7. The number of cyclic esters (lactones) is 1. The molecule has 65 heavy (non-hydrogen) atoms. The van der Waals surface area contributed by atoms with Crippen LogP contribution in [0.4, 0.5) is 4.79 Å². The van der Waals surface area contributed by atoms with Crippen molar-refractivity contribution in [2.45, 2.75) is 193 Å². The molecule has 0 aliphatic carbocycles. The van der Waals surface area contributed by atoms with Gasteiger partial charge in [-0.1, -0.05) is 58.0 Å². The molecule has 4 heterocycles. The van der Waals surface area contributed by atoms with Crippen molar-refractivity contribution in [3.8, 4) is 0 Å². The van der Waals surface area contributed by atoms with Gasteiger partial charge >= 0.3 is 18.0 Å². The first-order chi connectivity index (χ1) is 30.4. The molecule has 1 N–H and O–H groups in total. The van der Waals surface area contributed by atoms with E-state index in [4.69, 9.17) is 42.6 Å². The Kier molecular flexibility index (Phi) is 17.4. The van der Waals surface area contributed by atoms with E-state index in [1.54, 1.807) is 41.9 Å². The number of ketones is 1. The van der Waals surface area contributed by atoms with Crippen molar-refractivity contribution in [2.75, 3.05) is 35.4 Å². The summed E-state index contributed by atoms with van der Waals surface area (Å²) in [7, 11) is 9.30. The summed E-state index contributed by atoms with van der Waals surface area (Å²) in [4.78, 5) is 59.2. The van der Waals surface area contributed by atoms with E-state index in [1.807, 2.05) is 73.8 Å². The van der Waals surface area contributed by atoms with E-state index in [2.05, 4.69) is 34.3 Å². The molecule has 5 rings (SSSR count). The largest absolute Gasteiger partial charge is 0.458 e. The van der Waals surface area contributed by atoms with E-state index in [9.17, 15) is 19.2 Å². The van der Waals surface area contributed by atoms with Gasteiger partial charge in [0.25, 0.3) is 0 Å². The Labute approximate surface area is 387 Å². The highest BCUT2D eigenvalue weighted by Crippen LogP contribution is 2.43. The van der Waals surface area contributed by atoms with Crippen LogP contribution in [0.15, 0.2) is 30.3 Å². The van der Waals surface area contributed by atoms with E-state index >= 15 is 0 Å². The molecule has 18 atom stereocenters. The zero-order chi connectivity index (χ0) is 48.3. The van der Waals surface area contributed by atoms with Crippen molar-refractivity contribution in [1.29, 1.82) is 0 Å². The van der Waals surface area contributed by atoms with Crippen LogP contribution in [0.3, 0.4) is 0 Å². The number of carbonyl (C=O) groups excluding carboxylic acids is 4. The molecule has 0 saturated carbocycles. The molecule has 4 fully saturated rings. The Hall–Kier alpha value is -3.22. The van der Waals surface area contributed by atoms with Gasteiger partial charge < -0.3 is 52.8 Å². The van der Waals surface area contributed by atoms with E-state index in [0.717, 1.165) is 6.42 Å². The number of carbonyl (C=O) groups is 4. The number of methoxy groups -OCH3 is 2. The number of alkyl carbamates (subject to hydrolysis) is 1. The number of hydrogen-bond donors (Lipinski definition) is 1. The summed E-state index contributed by atoms with van der Waals surface area (Å²) < 4.78 is 58.3. The molecular weight excluding hydrogens is 839 g/mol. The predicted molar refractivity (Wildman–Crippen MR) is 241 cm³/mol. The van der Waals surface area contributed by atoms with Crippen LogP contribution in [-0.2, 0) is 63.6 Å². The number of rotatable bonds is 12. The van der Waals surface area contributed by atoms with Crippen LogP contribution in [0.2, 0.25) is 0 Å². The lowest BCUT2D eigenvalue weighted by Crippen LogP contribution is -2.64. The Bertz CT molecular complexity index is 1790. The minimum atomic E-state index is -1.37. The van der Waals surface area contributed by atoms with Crippen LogP contribution < -0.4 is 5.32 Å². The lowest BCUT2D eigenvalue weighted by molar-refractivity contribution is -0.315. The third-order valence-corrected chi connectivity index (χ3v) is 14.9. The lowest BCUT2D eigenvalue weighted by Gasteiger charge is -2.52. The Morgan fingerprint density at radius 1 is 0.862 bits per heavy atom. The quantitative estimate of drug-likeness (QED) is 0.194. The fourth-order valence-electron chi connectivity index (χ4n) is 11.2. The summed E-state index contributed by atoms with van der Waals surface area (Å²) in [5.74, 6) is -4.14. The van der Waals surface area contributed by atoms with Gasteiger partial charge in [-0.3, -0.25) is 19.3 Å². The second-order valence-electron chi connectivity index (χ2n) is 20.1. The maximum atomic E-state index is 14.8. The Balaban J connectivity index is 1.64. The minimum absolute atomic E-state index is 0.00187. The monoisotopic (exact) mass is 918 g/mol. The number of amides is 1. The average molecular weight is 918 g/mol. The van der Waals surface area contributed by atoms with Gasteiger partial charge in [-0.25, -0.2) is 4.79 Å². The predicted octanol–water partition coefficient (Wildman–Crippen LogP) is 5.91. The normalized spacial score (nSPS) is 42.1. The van der Waals surface area contributed by atoms with Gasteiger partial charge in [0.1, 0.15) is 17.5 Å². The maximum Gasteiger partial charge on any atom is 0.408 e. The lowest BCUT2D eigenvalue weighted by atomic mass is 9.73. The number of nitrogens with zero attached hydrogens (tertiary/aromatic N) is 2. The number of esters is 2. The van der Waals surface area contributed by atoms with E-state index in [-0.39, 0.29) is 36.8 Å². The Morgan fingerprint density at radius 2 is 1.49 bits per heavy atom. The van der Waals surface area contributed by atoms with Crippen molar-refractivity contribution in [2.24, 2.45) is 23.7 Å². The molecule has 16 heteroatoms. The van der Waals surface area contributed by atoms with Crippen molar-refractivity contribution in [1.82, 2.24) is 15.1 Å². The molecule has 368 valence electrons. The minimum Gasteiger partial charge on any atom is -0.458 e. The van der Waals surface area contributed by atoms with Gasteiger partial charge in [-0.2, -0.15) is 0 Å². The highest BCUT2D eigenvalue weighted by molar-refractivity contribution is 5.85. The average Bonchev–Trinajstić information content (AvgIpc) is 3.57. The zero-order valence-electron chi connectivity index (χ0n) is 41.8. The standard InChI is InChI=1S/C49H79N3O13/c1-17-36-49(11)41(50-46(56)65-49)29(4)39(54)27(2)24-47(9,57-15)42(64-45-38(51(12)13)35(23-28(3)59-45)52(14)26-34-21-19-18-20-22-34)30(5)40(31(6)44(55)62-36)63-37-25-48(10,58-16)43(32(7)60-37)61-33(8)53/h18-22,27-32,35-38,40-43,45H,17,23-26H2,1-16H3,(H,50,56)/t27-,28-,29+,30+,31-,32+,35-,36-,37+,38+,40+,41-,42-,43+,45+,47+,48-,49-/m1/s1. The van der Waals surface area contributed by atoms with Crippen molar-refractivity contribution in [3.05, 3.63) is 35.9 Å². The van der Waals surface area contributed by atoms with E-state index < -0.39 is 108 Å². The number of likely N-dealkylation sites (N-methyl/N-ethyl adjacent to an activating group) is 2. The number of nitrogens with one attached hydrogen (secondary N) is 1. The molecule has 0 bridgehead atoms. The highest BCUT2D eigenvalue weighted by Gasteiger charge is 2.58. The smallest absolute Gasteiger partial charge is 0.408 e. The molecule has 4 aliphatic heterocycles. The fraction of sp³-hybridized carbons (Fsp3) is 0.796. The second-order valence-corrected chi connectivity index (χ2v) is 20.1. The SMILES string of the molecule is CC[C@H]1OC(=O)[C@H](C)[C@@H](O[C@H]2C[C@@](C)(OC)[C@@H](OC(C)=O)[C@H](C)O2)[C@H](C)[C@@H](O[C@@H]2O[C@H](C)C[C@@H](N(C)Cc3ccccc3)[C@@H]2N(C)C)[C@@](C)(OC)C[C@@H](C)C(=O)[C@H](C)[C@H]2NC(=O)O[C@@]21C. The molecule has 4 saturated heterocycles. The molecule has 0 radical (unpaired) electrons. The topological polar surface area (TPSA) is 170 Å². The van der Waals surface area contributed by atoms with Gasteiger partial charge in [-0.15, -0.1) is 0 Å². The fourth-order valence-corrected chi connectivity index (χ4v) is 11.2. The molecule has 0 spiro atoms. The first-order valence-electron chi connectivity index (χ1n) is 23.5. The van der Waals surface area contributed by atoms with Crippen LogP contribution in [0.25, 0.3) is 0 Å². The third-order valence-electron chi connectivity index (χ3n) is 14.9. The summed E-state index contributed by atoms with van der Waals surface area (Å²) in [6, 6.07) is 9.26. The van der Waals surface area contributed by atoms with E-state index in [0.29, 0.717) is 13.0 Å². The van der Waals surface area contributed by atoms with Crippen molar-refractivity contribution < 1.29 is 61.8 Å². The Morgan fingerprint density at radius 3 is 2.08 bits per heavy atom. The van der Waals surface area contributed by atoms with Crippen molar-refractivity contribution in [3.63, 3.8) is 0 Å². The number of benzene rings is 1. The van der Waals surface area contributed by atoms with Crippen LogP contribution in [0.5, 0.6) is 0 Å². The summed E-state index contributed by atoms with van der Waals surface area (Å²) in [5, 5.41) is 2.88. The van der Waals surface area contributed by atoms with Crippen LogP contribution in [-0.4, -0.2) is 153 Å². The number of ether oxygens (including phenoxy) is 9. The summed E-state index contributed by atoms with van der Waals surface area (Å²) in [5.41, 5.74) is -2.40. The maximum absolute atomic E-state index is 14.8. The summed E-state index contributed by atoms with van der Waals surface area (Å²) in [6.07, 6.45) is -5.40. The van der Waals surface area contributed by atoms with Gasteiger partial charge in [0.2, 0.25) is 0 Å². The van der Waals surface area contributed by atoms with Crippen LogP contribution >= 0.6 is 0 Å². The number of Topliss-reactive ketones (excluding diaryl/α,β-unsaturated/α-hetero) is 1. The first-order valence-corrected chi connectivity index (χ1v) is 23.5. The zero-order valence-corrected chi connectivity index (χ0v) is 41.8. The van der Waals surface area contributed by atoms with Gasteiger partial charge in [-0.05, 0) is 87.5 Å². The molecule has 4 aliphatic rings. The number of hydrogen-bond acceptors (Lipinski definition) is 15. The molecule has 0 aromatic heterocycles. The van der Waals surface area contributed by atoms with Gasteiger partial charge in [0.05, 0.1) is 48.0 Å². The van der Waals surface area contributed by atoms with Crippen LogP contribution in [0, 0.1) is 23.7 Å². The summed E-state index contributed by atoms with van der Waals surface area (Å²) >= 11 is 0. The molecule has 1 amide bonds. The number of fused-ring (bicyclic) bond motifs is 1. The molecular formula is C49H79N3O13. The van der Waals surface area contributed by atoms with Crippen molar-refractivity contribution >= 4 is 23.8 Å². The summed E-state index contributed by atoms with van der Waals surface area (Å²) in [6.45, 7) is 20.5. The van der Waals surface area contributed by atoms with Gasteiger partial charge in [0, 0.05) is 57.9 Å². The molecule has 1 aromatic carbocycles.